The van der Waals surface area contributed by atoms with Crippen molar-refractivity contribution in [3.8, 4) is 0 Å². The lowest BCUT2D eigenvalue weighted by Crippen LogP contribution is -2.60. The summed E-state index contributed by atoms with van der Waals surface area (Å²) in [4.78, 5) is 34.3. The van der Waals surface area contributed by atoms with Crippen molar-refractivity contribution in [1.29, 1.82) is 0 Å². The zero-order chi connectivity index (χ0) is 20.7. The summed E-state index contributed by atoms with van der Waals surface area (Å²) in [7, 11) is 0. The van der Waals surface area contributed by atoms with Crippen molar-refractivity contribution in [1.82, 2.24) is 14.8 Å². The van der Waals surface area contributed by atoms with Gasteiger partial charge in [0.1, 0.15) is 5.82 Å². The second-order valence-electron chi connectivity index (χ2n) is 8.42. The molecule has 2 aliphatic heterocycles. The lowest BCUT2D eigenvalue weighted by Gasteiger charge is -2.42. The van der Waals surface area contributed by atoms with E-state index < -0.39 is 5.60 Å². The van der Waals surface area contributed by atoms with E-state index in [4.69, 9.17) is 4.74 Å². The fourth-order valence-electron chi connectivity index (χ4n) is 4.63. The smallest absolute Gasteiger partial charge is 0.257 e. The van der Waals surface area contributed by atoms with Crippen LogP contribution in [-0.4, -0.2) is 58.4 Å². The number of morpholine rings is 1. The molecule has 2 atom stereocenters. The predicted molar refractivity (Wildman–Crippen MR) is 107 cm³/mol. The quantitative estimate of drug-likeness (QED) is 0.778. The third-order valence-electron chi connectivity index (χ3n) is 6.37. The molecule has 3 aliphatic rings. The van der Waals surface area contributed by atoms with Gasteiger partial charge in [0.25, 0.3) is 5.91 Å². The highest BCUT2D eigenvalue weighted by atomic mass is 19.1. The summed E-state index contributed by atoms with van der Waals surface area (Å²) in [5.74, 6) is -0.475. The molecular weight excluding hydrogens is 385 g/mol. The predicted octanol–water partition coefficient (Wildman–Crippen LogP) is 2.35. The van der Waals surface area contributed by atoms with E-state index in [9.17, 15) is 14.0 Å². The summed E-state index contributed by atoms with van der Waals surface area (Å²) >= 11 is 0. The molecule has 1 aromatic carbocycles. The molecule has 2 aromatic rings. The summed E-state index contributed by atoms with van der Waals surface area (Å²) in [6.45, 7) is 1.97. The van der Waals surface area contributed by atoms with Crippen LogP contribution in [0.2, 0.25) is 0 Å². The van der Waals surface area contributed by atoms with Crippen LogP contribution in [0.15, 0.2) is 48.8 Å². The first-order valence-corrected chi connectivity index (χ1v) is 10.4. The second-order valence-corrected chi connectivity index (χ2v) is 8.42. The Kier molecular flexibility index (Phi) is 4.77. The third-order valence-corrected chi connectivity index (χ3v) is 6.37. The minimum atomic E-state index is -1.11. The highest BCUT2D eigenvalue weighted by molar-refractivity contribution is 5.90. The Morgan fingerprint density at radius 2 is 2.03 bits per heavy atom. The number of ether oxygens (including phenoxy) is 1. The van der Waals surface area contributed by atoms with Gasteiger partial charge in [-0.1, -0.05) is 18.2 Å². The molecule has 1 aromatic heterocycles. The molecule has 1 spiro atoms. The Morgan fingerprint density at radius 1 is 1.23 bits per heavy atom. The first-order chi connectivity index (χ1) is 14.6. The van der Waals surface area contributed by atoms with Gasteiger partial charge >= 0.3 is 0 Å². The van der Waals surface area contributed by atoms with E-state index in [0.717, 1.165) is 24.0 Å². The van der Waals surface area contributed by atoms with E-state index in [1.54, 1.807) is 34.3 Å². The van der Waals surface area contributed by atoms with Crippen LogP contribution in [0.3, 0.4) is 0 Å². The molecule has 0 unspecified atom stereocenters. The Bertz CT molecular complexity index is 948. The van der Waals surface area contributed by atoms with Crippen LogP contribution < -0.4 is 0 Å². The number of hydrogen-bond acceptors (Lipinski definition) is 4. The zero-order valence-corrected chi connectivity index (χ0v) is 16.7. The first kappa shape index (κ1) is 19.2. The standard InChI is InChI=1S/C23H24FN3O3/c24-19-7-3-16(4-8-19)13-26-10-11-30-23(22(26)29)15-27(21(28)17-5-6-17)14-20(23)18-2-1-9-25-12-18/h1-4,7-9,12,17,20H,5-6,10-11,13-15H2/t20-,23-/m1/s1. The summed E-state index contributed by atoms with van der Waals surface area (Å²) in [6.07, 6.45) is 5.30. The van der Waals surface area contributed by atoms with Gasteiger partial charge in [-0.3, -0.25) is 14.6 Å². The molecule has 30 heavy (non-hydrogen) atoms. The minimum absolute atomic E-state index is 0.0868. The molecule has 0 radical (unpaired) electrons. The Morgan fingerprint density at radius 3 is 2.73 bits per heavy atom. The third kappa shape index (κ3) is 3.37. The van der Waals surface area contributed by atoms with Crippen molar-refractivity contribution in [2.45, 2.75) is 30.9 Å². The van der Waals surface area contributed by atoms with Gasteiger partial charge in [0.15, 0.2) is 5.60 Å². The number of amides is 2. The molecule has 3 heterocycles. The minimum Gasteiger partial charge on any atom is -0.361 e. The molecule has 2 amide bonds. The van der Waals surface area contributed by atoms with Crippen molar-refractivity contribution in [3.63, 3.8) is 0 Å². The Hall–Kier alpha value is -2.80. The van der Waals surface area contributed by atoms with Crippen LogP contribution >= 0.6 is 0 Å². The van der Waals surface area contributed by atoms with E-state index in [1.807, 2.05) is 12.1 Å². The van der Waals surface area contributed by atoms with E-state index in [-0.39, 0.29) is 36.0 Å². The maximum Gasteiger partial charge on any atom is 0.257 e. The summed E-state index contributed by atoms with van der Waals surface area (Å²) in [5, 5.41) is 0. The van der Waals surface area contributed by atoms with E-state index in [2.05, 4.69) is 4.98 Å². The van der Waals surface area contributed by atoms with Crippen LogP contribution in [0.1, 0.15) is 29.9 Å². The van der Waals surface area contributed by atoms with Gasteiger partial charge < -0.3 is 14.5 Å². The normalized spacial score (nSPS) is 26.4. The molecule has 1 aliphatic carbocycles. The van der Waals surface area contributed by atoms with Crippen LogP contribution in [-0.2, 0) is 20.9 Å². The van der Waals surface area contributed by atoms with Crippen molar-refractivity contribution in [2.75, 3.05) is 26.2 Å². The van der Waals surface area contributed by atoms with Gasteiger partial charge in [-0.25, -0.2) is 4.39 Å². The zero-order valence-electron chi connectivity index (χ0n) is 16.7. The molecule has 5 rings (SSSR count). The summed E-state index contributed by atoms with van der Waals surface area (Å²) in [5.41, 5.74) is 0.662. The van der Waals surface area contributed by atoms with E-state index >= 15 is 0 Å². The lowest BCUT2D eigenvalue weighted by molar-refractivity contribution is -0.173. The average molecular weight is 409 g/mol. The van der Waals surface area contributed by atoms with Gasteiger partial charge in [0, 0.05) is 43.9 Å². The molecule has 2 saturated heterocycles. The highest BCUT2D eigenvalue weighted by Crippen LogP contribution is 2.44. The number of carbonyl (C=O) groups is 2. The van der Waals surface area contributed by atoms with Gasteiger partial charge in [0.05, 0.1) is 13.2 Å². The van der Waals surface area contributed by atoms with Gasteiger partial charge in [-0.15, -0.1) is 0 Å². The number of halogens is 1. The maximum absolute atomic E-state index is 13.7. The molecule has 3 fully saturated rings. The molecule has 1 saturated carbocycles. The fourth-order valence-corrected chi connectivity index (χ4v) is 4.63. The number of likely N-dealkylation sites (tertiary alicyclic amines) is 1. The van der Waals surface area contributed by atoms with Gasteiger partial charge in [-0.2, -0.15) is 0 Å². The molecule has 0 N–H and O–H groups in total. The number of carbonyl (C=O) groups excluding carboxylic acids is 2. The Balaban J connectivity index is 1.45. The SMILES string of the molecule is O=C(C1CC1)N1C[C@H](c2cccnc2)[C@@]2(C1)OCCN(Cc1ccc(F)cc1)C2=O. The van der Waals surface area contributed by atoms with Crippen LogP contribution in [0.5, 0.6) is 0 Å². The van der Waals surface area contributed by atoms with Crippen LogP contribution in [0.25, 0.3) is 0 Å². The average Bonchev–Trinajstić information content (AvgIpc) is 3.55. The van der Waals surface area contributed by atoms with Gasteiger partial charge in [-0.05, 0) is 42.2 Å². The Labute approximate surface area is 174 Å². The summed E-state index contributed by atoms with van der Waals surface area (Å²) in [6, 6.07) is 9.99. The van der Waals surface area contributed by atoms with E-state index in [1.165, 1.54) is 12.1 Å². The highest BCUT2D eigenvalue weighted by Gasteiger charge is 2.58. The van der Waals surface area contributed by atoms with Crippen LogP contribution in [0.4, 0.5) is 4.39 Å². The lowest BCUT2D eigenvalue weighted by atomic mass is 9.83. The van der Waals surface area contributed by atoms with E-state index in [0.29, 0.717) is 26.2 Å². The van der Waals surface area contributed by atoms with Crippen molar-refractivity contribution < 1.29 is 18.7 Å². The van der Waals surface area contributed by atoms with Gasteiger partial charge in [0.2, 0.25) is 5.91 Å². The number of aromatic nitrogens is 1. The molecule has 0 bridgehead atoms. The maximum atomic E-state index is 13.7. The van der Waals surface area contributed by atoms with Crippen LogP contribution in [0, 0.1) is 11.7 Å². The molecule has 7 heteroatoms. The van der Waals surface area contributed by atoms with Crippen molar-refractivity contribution in [3.05, 3.63) is 65.7 Å². The summed E-state index contributed by atoms with van der Waals surface area (Å²) < 4.78 is 19.5. The second kappa shape index (κ2) is 7.47. The fraction of sp³-hybridized carbons (Fsp3) is 0.435. The number of hydrogen-bond donors (Lipinski definition) is 0. The molecular formula is C23H24FN3O3. The van der Waals surface area contributed by atoms with Crippen molar-refractivity contribution >= 4 is 11.8 Å². The first-order valence-electron chi connectivity index (χ1n) is 10.4. The van der Waals surface area contributed by atoms with Crippen molar-refractivity contribution in [2.24, 2.45) is 5.92 Å². The number of pyridine rings is 1. The number of rotatable bonds is 4. The molecule has 6 nitrogen and oxygen atoms in total. The number of benzene rings is 1. The largest absolute Gasteiger partial charge is 0.361 e. The monoisotopic (exact) mass is 409 g/mol. The topological polar surface area (TPSA) is 62.7 Å². The molecule has 156 valence electrons. The number of nitrogens with zero attached hydrogens (tertiary/aromatic N) is 3.